The van der Waals surface area contributed by atoms with Crippen LogP contribution >= 0.6 is 0 Å². The van der Waals surface area contributed by atoms with Crippen molar-refractivity contribution in [1.29, 1.82) is 0 Å². The third kappa shape index (κ3) is 3.08. The summed E-state index contributed by atoms with van der Waals surface area (Å²) in [5.41, 5.74) is 3.88. The second-order valence-electron chi connectivity index (χ2n) is 5.24. The number of aryl methyl sites for hydroxylation is 2. The predicted molar refractivity (Wildman–Crippen MR) is 69.6 cm³/mol. The van der Waals surface area contributed by atoms with Crippen molar-refractivity contribution < 1.29 is 5.11 Å². The zero-order valence-corrected chi connectivity index (χ0v) is 11.1. The van der Waals surface area contributed by atoms with Crippen LogP contribution in [0.1, 0.15) is 37.5 Å². The molecule has 0 spiro atoms. The Morgan fingerprint density at radius 2 is 1.56 bits per heavy atom. The van der Waals surface area contributed by atoms with Gasteiger partial charge in [-0.15, -0.1) is 0 Å². The fourth-order valence-electron chi connectivity index (χ4n) is 2.01. The Balaban J connectivity index is 2.80. The van der Waals surface area contributed by atoms with Crippen LogP contribution in [0.2, 0.25) is 0 Å². The number of aliphatic hydroxyl groups is 1. The predicted octanol–water partition coefficient (Wildman–Crippen LogP) is 3.50. The van der Waals surface area contributed by atoms with Crippen LogP contribution in [0.3, 0.4) is 0 Å². The summed E-state index contributed by atoms with van der Waals surface area (Å²) in [5, 5.41) is 10.2. The first-order chi connectivity index (χ1) is 7.43. The second-order valence-corrected chi connectivity index (χ2v) is 5.24. The molecule has 1 rings (SSSR count). The lowest BCUT2D eigenvalue weighted by Gasteiger charge is -2.23. The first kappa shape index (κ1) is 13.2. The highest BCUT2D eigenvalue weighted by Crippen LogP contribution is 2.21. The van der Waals surface area contributed by atoms with Gasteiger partial charge >= 0.3 is 0 Å². The standard InChI is InChI=1S/C15H24O/c1-10(2)13(5)15(16)9-14-11(3)7-6-8-12(14)4/h6-8,10,13,15-16H,9H2,1-5H3. The molecule has 1 nitrogen and oxygen atoms in total. The van der Waals surface area contributed by atoms with Crippen molar-refractivity contribution in [1.82, 2.24) is 0 Å². The smallest absolute Gasteiger partial charge is 0.0608 e. The van der Waals surface area contributed by atoms with Crippen molar-refractivity contribution in [3.05, 3.63) is 34.9 Å². The van der Waals surface area contributed by atoms with E-state index in [0.29, 0.717) is 11.8 Å². The zero-order chi connectivity index (χ0) is 12.3. The molecule has 2 atom stereocenters. The van der Waals surface area contributed by atoms with Gasteiger partial charge in [0.05, 0.1) is 6.10 Å². The van der Waals surface area contributed by atoms with Gasteiger partial charge < -0.3 is 5.11 Å². The minimum Gasteiger partial charge on any atom is -0.392 e. The Morgan fingerprint density at radius 3 is 2.00 bits per heavy atom. The molecule has 0 bridgehead atoms. The van der Waals surface area contributed by atoms with Crippen molar-refractivity contribution in [2.24, 2.45) is 11.8 Å². The molecule has 0 heterocycles. The lowest BCUT2D eigenvalue weighted by Crippen LogP contribution is -2.25. The largest absolute Gasteiger partial charge is 0.392 e. The van der Waals surface area contributed by atoms with E-state index in [4.69, 9.17) is 0 Å². The summed E-state index contributed by atoms with van der Waals surface area (Å²) < 4.78 is 0. The molecule has 1 N–H and O–H groups in total. The molecule has 0 fully saturated rings. The molecular formula is C15H24O. The quantitative estimate of drug-likeness (QED) is 0.823. The summed E-state index contributed by atoms with van der Waals surface area (Å²) in [6, 6.07) is 6.32. The molecule has 1 heteroatoms. The Morgan fingerprint density at radius 1 is 1.06 bits per heavy atom. The van der Waals surface area contributed by atoms with Gasteiger partial charge in [0.15, 0.2) is 0 Å². The fraction of sp³-hybridized carbons (Fsp3) is 0.600. The van der Waals surface area contributed by atoms with Crippen molar-refractivity contribution in [2.45, 2.75) is 47.1 Å². The molecule has 0 aliphatic rings. The van der Waals surface area contributed by atoms with Gasteiger partial charge in [-0.05, 0) is 48.8 Å². The third-order valence-electron chi connectivity index (χ3n) is 3.72. The van der Waals surface area contributed by atoms with E-state index in [-0.39, 0.29) is 6.10 Å². The molecule has 1 aromatic rings. The van der Waals surface area contributed by atoms with Crippen molar-refractivity contribution in [3.8, 4) is 0 Å². The summed E-state index contributed by atoms with van der Waals surface area (Å²) in [7, 11) is 0. The number of aliphatic hydroxyl groups excluding tert-OH is 1. The van der Waals surface area contributed by atoms with E-state index in [0.717, 1.165) is 6.42 Å². The van der Waals surface area contributed by atoms with Crippen LogP contribution < -0.4 is 0 Å². The number of hydrogen-bond donors (Lipinski definition) is 1. The van der Waals surface area contributed by atoms with E-state index in [2.05, 4.69) is 52.8 Å². The monoisotopic (exact) mass is 220 g/mol. The highest BCUT2D eigenvalue weighted by molar-refractivity contribution is 5.34. The van der Waals surface area contributed by atoms with Crippen LogP contribution in [0.15, 0.2) is 18.2 Å². The van der Waals surface area contributed by atoms with E-state index < -0.39 is 0 Å². The average Bonchev–Trinajstić information content (AvgIpc) is 2.22. The van der Waals surface area contributed by atoms with Crippen LogP contribution in [0.25, 0.3) is 0 Å². The van der Waals surface area contributed by atoms with Crippen molar-refractivity contribution in [3.63, 3.8) is 0 Å². The van der Waals surface area contributed by atoms with Crippen LogP contribution in [0.5, 0.6) is 0 Å². The van der Waals surface area contributed by atoms with E-state index in [1.807, 2.05) is 0 Å². The highest BCUT2D eigenvalue weighted by atomic mass is 16.3. The number of hydrogen-bond acceptors (Lipinski definition) is 1. The molecule has 2 unspecified atom stereocenters. The van der Waals surface area contributed by atoms with Crippen LogP contribution in [0, 0.1) is 25.7 Å². The number of rotatable bonds is 4. The van der Waals surface area contributed by atoms with Crippen molar-refractivity contribution in [2.75, 3.05) is 0 Å². The minimum absolute atomic E-state index is 0.236. The maximum absolute atomic E-state index is 10.2. The van der Waals surface area contributed by atoms with Gasteiger partial charge in [-0.2, -0.15) is 0 Å². The molecule has 0 aliphatic heterocycles. The molecule has 0 aromatic heterocycles. The highest BCUT2D eigenvalue weighted by Gasteiger charge is 2.19. The van der Waals surface area contributed by atoms with Gasteiger partial charge in [0.25, 0.3) is 0 Å². The van der Waals surface area contributed by atoms with Gasteiger partial charge in [-0.3, -0.25) is 0 Å². The Hall–Kier alpha value is -0.820. The molecule has 90 valence electrons. The lowest BCUT2D eigenvalue weighted by atomic mass is 9.86. The average molecular weight is 220 g/mol. The Kier molecular flexibility index (Phi) is 4.55. The van der Waals surface area contributed by atoms with Gasteiger partial charge in [0.2, 0.25) is 0 Å². The summed E-state index contributed by atoms with van der Waals surface area (Å²) >= 11 is 0. The topological polar surface area (TPSA) is 20.2 Å². The lowest BCUT2D eigenvalue weighted by molar-refractivity contribution is 0.0919. The molecule has 0 aliphatic carbocycles. The summed E-state index contributed by atoms with van der Waals surface area (Å²) in [6.45, 7) is 10.7. The maximum Gasteiger partial charge on any atom is 0.0608 e. The van der Waals surface area contributed by atoms with Crippen LogP contribution in [-0.4, -0.2) is 11.2 Å². The molecule has 1 aromatic carbocycles. The molecule has 0 saturated heterocycles. The maximum atomic E-state index is 10.2. The van der Waals surface area contributed by atoms with Crippen LogP contribution in [0.4, 0.5) is 0 Å². The van der Waals surface area contributed by atoms with E-state index in [1.54, 1.807) is 0 Å². The molecule has 0 amide bonds. The van der Waals surface area contributed by atoms with Gasteiger partial charge in [0.1, 0.15) is 0 Å². The van der Waals surface area contributed by atoms with Crippen LogP contribution in [-0.2, 0) is 6.42 Å². The van der Waals surface area contributed by atoms with E-state index in [1.165, 1.54) is 16.7 Å². The number of benzene rings is 1. The SMILES string of the molecule is Cc1cccc(C)c1CC(O)C(C)C(C)C. The van der Waals surface area contributed by atoms with E-state index >= 15 is 0 Å². The molecule has 16 heavy (non-hydrogen) atoms. The minimum atomic E-state index is -0.236. The normalized spacial score (nSPS) is 15.2. The molecule has 0 radical (unpaired) electrons. The van der Waals surface area contributed by atoms with Gasteiger partial charge in [-0.1, -0.05) is 39.0 Å². The summed E-state index contributed by atoms with van der Waals surface area (Å²) in [6.07, 6.45) is 0.539. The summed E-state index contributed by atoms with van der Waals surface area (Å²) in [4.78, 5) is 0. The second kappa shape index (κ2) is 5.49. The Bertz CT molecular complexity index is 321. The molecule has 0 saturated carbocycles. The van der Waals surface area contributed by atoms with Gasteiger partial charge in [-0.25, -0.2) is 0 Å². The first-order valence-electron chi connectivity index (χ1n) is 6.16. The zero-order valence-electron chi connectivity index (χ0n) is 11.1. The summed E-state index contributed by atoms with van der Waals surface area (Å²) in [5.74, 6) is 0.873. The van der Waals surface area contributed by atoms with E-state index in [9.17, 15) is 5.11 Å². The fourth-order valence-corrected chi connectivity index (χ4v) is 2.01. The van der Waals surface area contributed by atoms with Gasteiger partial charge in [0, 0.05) is 0 Å². The first-order valence-corrected chi connectivity index (χ1v) is 6.16. The third-order valence-corrected chi connectivity index (χ3v) is 3.72. The Labute approximate surface area is 99.5 Å². The molecular weight excluding hydrogens is 196 g/mol. The van der Waals surface area contributed by atoms with Crippen molar-refractivity contribution >= 4 is 0 Å².